The summed E-state index contributed by atoms with van der Waals surface area (Å²) < 4.78 is 2.90. The number of nitrogens with one attached hydrogen (secondary N) is 1. The first kappa shape index (κ1) is 13.6. The molecule has 0 aliphatic rings. The number of rotatable bonds is 7. The van der Waals surface area contributed by atoms with Crippen LogP contribution in [0.3, 0.4) is 0 Å². The van der Waals surface area contributed by atoms with Crippen LogP contribution in [0, 0.1) is 4.77 Å². The van der Waals surface area contributed by atoms with Crippen LogP contribution < -0.4 is 0 Å². The van der Waals surface area contributed by atoms with E-state index >= 15 is 0 Å². The highest BCUT2D eigenvalue weighted by molar-refractivity contribution is 7.98. The zero-order chi connectivity index (χ0) is 12.8. The number of aromatic nitrogens is 3. The van der Waals surface area contributed by atoms with Crippen molar-refractivity contribution >= 4 is 35.1 Å². The standard InChI is InChI=1S/C13H19N3S2/c1-18-10-5-3-2-4-9-16-12-11(15-13(16)17)7-6-8-14-12/h6-8H,2-5,9-10H2,1H3,(H,15,17). The molecule has 0 aromatic carbocycles. The summed E-state index contributed by atoms with van der Waals surface area (Å²) in [6, 6.07) is 3.95. The van der Waals surface area contributed by atoms with Gasteiger partial charge in [0, 0.05) is 12.7 Å². The van der Waals surface area contributed by atoms with E-state index in [1.807, 2.05) is 30.1 Å². The molecule has 2 aromatic rings. The molecule has 2 heterocycles. The van der Waals surface area contributed by atoms with Gasteiger partial charge in [0.25, 0.3) is 0 Å². The van der Waals surface area contributed by atoms with Gasteiger partial charge in [0.1, 0.15) is 0 Å². The molecule has 18 heavy (non-hydrogen) atoms. The average molecular weight is 281 g/mol. The Morgan fingerprint density at radius 2 is 2.17 bits per heavy atom. The van der Waals surface area contributed by atoms with Crippen LogP contribution in [0.25, 0.3) is 11.2 Å². The minimum atomic E-state index is 0.785. The Kier molecular flexibility index (Phi) is 5.26. The van der Waals surface area contributed by atoms with Crippen molar-refractivity contribution in [3.8, 4) is 0 Å². The van der Waals surface area contributed by atoms with Crippen molar-refractivity contribution in [1.82, 2.24) is 14.5 Å². The van der Waals surface area contributed by atoms with E-state index in [4.69, 9.17) is 12.2 Å². The second-order valence-electron chi connectivity index (χ2n) is 4.36. The molecule has 0 aliphatic carbocycles. The number of imidazole rings is 1. The molecule has 0 radical (unpaired) electrons. The zero-order valence-electron chi connectivity index (χ0n) is 10.7. The van der Waals surface area contributed by atoms with Crippen molar-refractivity contribution in [3.63, 3.8) is 0 Å². The maximum Gasteiger partial charge on any atom is 0.179 e. The van der Waals surface area contributed by atoms with Gasteiger partial charge >= 0.3 is 0 Å². The van der Waals surface area contributed by atoms with Crippen LogP contribution in [-0.2, 0) is 6.54 Å². The number of unbranched alkanes of at least 4 members (excludes halogenated alkanes) is 3. The minimum absolute atomic E-state index is 0.785. The number of aryl methyl sites for hydroxylation is 1. The predicted octanol–water partition coefficient (Wildman–Crippen LogP) is 4.02. The van der Waals surface area contributed by atoms with Gasteiger partial charge in [-0.25, -0.2) is 4.98 Å². The van der Waals surface area contributed by atoms with Gasteiger partial charge in [0.05, 0.1) is 5.52 Å². The van der Waals surface area contributed by atoms with Gasteiger partial charge in [-0.15, -0.1) is 0 Å². The topological polar surface area (TPSA) is 33.6 Å². The van der Waals surface area contributed by atoms with Gasteiger partial charge in [-0.3, -0.25) is 0 Å². The van der Waals surface area contributed by atoms with Crippen LogP contribution in [0.2, 0.25) is 0 Å². The Morgan fingerprint density at radius 3 is 3.00 bits per heavy atom. The number of H-pyrrole nitrogens is 1. The van der Waals surface area contributed by atoms with Crippen molar-refractivity contribution in [2.75, 3.05) is 12.0 Å². The minimum Gasteiger partial charge on any atom is -0.329 e. The van der Waals surface area contributed by atoms with Crippen molar-refractivity contribution in [2.24, 2.45) is 0 Å². The highest BCUT2D eigenvalue weighted by Gasteiger charge is 2.03. The SMILES string of the molecule is CSCCCCCCn1c(=S)[nH]c2cccnc21. The number of fused-ring (bicyclic) bond motifs is 1. The maximum absolute atomic E-state index is 5.34. The molecule has 0 fully saturated rings. The molecule has 5 heteroatoms. The second kappa shape index (κ2) is 6.95. The van der Waals surface area contributed by atoms with Gasteiger partial charge in [-0.05, 0) is 49.2 Å². The maximum atomic E-state index is 5.34. The van der Waals surface area contributed by atoms with Crippen LogP contribution in [0.15, 0.2) is 18.3 Å². The first-order valence-corrected chi connectivity index (χ1v) is 8.15. The summed E-state index contributed by atoms with van der Waals surface area (Å²) in [5.74, 6) is 1.27. The fourth-order valence-corrected chi connectivity index (χ4v) is 2.85. The molecule has 0 bridgehead atoms. The van der Waals surface area contributed by atoms with Gasteiger partial charge < -0.3 is 9.55 Å². The fourth-order valence-electron chi connectivity index (χ4n) is 2.07. The van der Waals surface area contributed by atoms with Gasteiger partial charge in [-0.1, -0.05) is 12.8 Å². The Morgan fingerprint density at radius 1 is 1.33 bits per heavy atom. The van der Waals surface area contributed by atoms with Gasteiger partial charge in [-0.2, -0.15) is 11.8 Å². The predicted molar refractivity (Wildman–Crippen MR) is 81.8 cm³/mol. The lowest BCUT2D eigenvalue weighted by molar-refractivity contribution is 0.587. The normalized spacial score (nSPS) is 11.2. The molecule has 1 N–H and O–H groups in total. The van der Waals surface area contributed by atoms with Crippen molar-refractivity contribution < 1.29 is 0 Å². The number of hydrogen-bond donors (Lipinski definition) is 1. The molecule has 0 saturated carbocycles. The van der Waals surface area contributed by atoms with E-state index in [9.17, 15) is 0 Å². The Balaban J connectivity index is 1.91. The lowest BCUT2D eigenvalue weighted by Crippen LogP contribution is -1.99. The first-order valence-electron chi connectivity index (χ1n) is 6.35. The Labute approximate surface area is 117 Å². The zero-order valence-corrected chi connectivity index (χ0v) is 12.3. The molecule has 2 rings (SSSR count). The van der Waals surface area contributed by atoms with E-state index in [1.165, 1.54) is 31.4 Å². The average Bonchev–Trinajstić information content (AvgIpc) is 2.70. The van der Waals surface area contributed by atoms with Crippen LogP contribution >= 0.6 is 24.0 Å². The smallest absolute Gasteiger partial charge is 0.179 e. The molecule has 3 nitrogen and oxygen atoms in total. The molecule has 0 unspecified atom stereocenters. The molecule has 0 spiro atoms. The van der Waals surface area contributed by atoms with Crippen LogP contribution in [-0.4, -0.2) is 26.5 Å². The van der Waals surface area contributed by atoms with Crippen LogP contribution in [0.4, 0.5) is 0 Å². The van der Waals surface area contributed by atoms with Crippen LogP contribution in [0.1, 0.15) is 25.7 Å². The third-order valence-corrected chi connectivity index (χ3v) is 4.03. The lowest BCUT2D eigenvalue weighted by atomic mass is 10.2. The number of pyridine rings is 1. The summed E-state index contributed by atoms with van der Waals surface area (Å²) in [4.78, 5) is 7.59. The summed E-state index contributed by atoms with van der Waals surface area (Å²) >= 11 is 7.26. The third-order valence-electron chi connectivity index (χ3n) is 3.01. The summed E-state index contributed by atoms with van der Waals surface area (Å²) in [6.07, 6.45) is 9.05. The van der Waals surface area contributed by atoms with Crippen LogP contribution in [0.5, 0.6) is 0 Å². The van der Waals surface area contributed by atoms with E-state index in [0.717, 1.165) is 22.5 Å². The van der Waals surface area contributed by atoms with E-state index in [2.05, 4.69) is 20.8 Å². The molecule has 0 aliphatic heterocycles. The van der Waals surface area contributed by atoms with E-state index in [-0.39, 0.29) is 0 Å². The van der Waals surface area contributed by atoms with Gasteiger partial charge in [0.15, 0.2) is 10.4 Å². The number of hydrogen-bond acceptors (Lipinski definition) is 3. The largest absolute Gasteiger partial charge is 0.329 e. The van der Waals surface area contributed by atoms with E-state index in [1.54, 1.807) is 0 Å². The van der Waals surface area contributed by atoms with E-state index < -0.39 is 0 Å². The summed E-state index contributed by atoms with van der Waals surface area (Å²) in [5.41, 5.74) is 2.01. The monoisotopic (exact) mass is 281 g/mol. The third kappa shape index (κ3) is 3.36. The second-order valence-corrected chi connectivity index (χ2v) is 5.74. The molecular weight excluding hydrogens is 262 g/mol. The first-order chi connectivity index (χ1) is 8.83. The number of nitrogens with zero attached hydrogens (tertiary/aromatic N) is 2. The quantitative estimate of drug-likeness (QED) is 0.615. The Bertz CT molecular complexity index is 544. The summed E-state index contributed by atoms with van der Waals surface area (Å²) in [5, 5.41) is 0. The molecule has 0 saturated heterocycles. The van der Waals surface area contributed by atoms with Crippen molar-refractivity contribution in [1.29, 1.82) is 0 Å². The summed E-state index contributed by atoms with van der Waals surface area (Å²) in [6.45, 7) is 0.967. The lowest BCUT2D eigenvalue weighted by Gasteiger charge is -2.03. The molecule has 98 valence electrons. The van der Waals surface area contributed by atoms with Crippen molar-refractivity contribution in [2.45, 2.75) is 32.2 Å². The number of aromatic amines is 1. The van der Waals surface area contributed by atoms with Crippen molar-refractivity contribution in [3.05, 3.63) is 23.1 Å². The Hall–Kier alpha value is -0.810. The summed E-state index contributed by atoms with van der Waals surface area (Å²) in [7, 11) is 0. The van der Waals surface area contributed by atoms with Gasteiger partial charge in [0.2, 0.25) is 0 Å². The molecule has 0 amide bonds. The molecule has 0 atom stereocenters. The highest BCUT2D eigenvalue weighted by Crippen LogP contribution is 2.12. The fraction of sp³-hybridized carbons (Fsp3) is 0.538. The van der Waals surface area contributed by atoms with E-state index in [0.29, 0.717) is 0 Å². The molecule has 2 aromatic heterocycles. The number of thioether (sulfide) groups is 1. The highest BCUT2D eigenvalue weighted by atomic mass is 32.2. The molecular formula is C13H19N3S2.